The molecule has 0 radical (unpaired) electrons. The highest BCUT2D eigenvalue weighted by Gasteiger charge is 2.37. The van der Waals surface area contributed by atoms with E-state index in [1.54, 1.807) is 7.11 Å². The fourth-order valence-electron chi connectivity index (χ4n) is 3.85. The Bertz CT molecular complexity index is 819. The molecule has 0 fully saturated rings. The summed E-state index contributed by atoms with van der Waals surface area (Å²) in [4.78, 5) is 0. The predicted molar refractivity (Wildman–Crippen MR) is 103 cm³/mol. The van der Waals surface area contributed by atoms with Crippen molar-refractivity contribution in [1.82, 2.24) is 0 Å². The van der Waals surface area contributed by atoms with Crippen molar-refractivity contribution in [2.45, 2.75) is 51.4 Å². The van der Waals surface area contributed by atoms with E-state index in [1.807, 2.05) is 18.2 Å². The Kier molecular flexibility index (Phi) is 4.36. The fraction of sp³-hybridized carbons (Fsp3) is 0.409. The zero-order chi connectivity index (χ0) is 18.2. The summed E-state index contributed by atoms with van der Waals surface area (Å²) in [5.74, 6) is 0.822. The molecule has 0 aliphatic heterocycles. The van der Waals surface area contributed by atoms with Crippen molar-refractivity contribution in [1.29, 1.82) is 0 Å². The molecule has 3 heteroatoms. The Morgan fingerprint density at radius 1 is 0.960 bits per heavy atom. The number of oxime groups is 1. The first-order chi connectivity index (χ1) is 11.8. The third-order valence-electron chi connectivity index (χ3n) is 5.59. The average molecular weight is 337 g/mol. The van der Waals surface area contributed by atoms with E-state index in [1.165, 1.54) is 30.2 Å². The Morgan fingerprint density at radius 3 is 2.28 bits per heavy atom. The highest BCUT2D eigenvalue weighted by atomic mass is 16.5. The average Bonchev–Trinajstić information content (AvgIpc) is 2.59. The molecule has 0 aromatic heterocycles. The first kappa shape index (κ1) is 17.5. The largest absolute Gasteiger partial charge is 0.496 e. The van der Waals surface area contributed by atoms with Gasteiger partial charge in [0.25, 0.3) is 0 Å². The maximum Gasteiger partial charge on any atom is 0.126 e. The van der Waals surface area contributed by atoms with Crippen LogP contribution in [-0.4, -0.2) is 18.5 Å². The number of fused-ring (bicyclic) bond motifs is 1. The van der Waals surface area contributed by atoms with Crippen LogP contribution >= 0.6 is 0 Å². The van der Waals surface area contributed by atoms with Crippen molar-refractivity contribution in [3.63, 3.8) is 0 Å². The minimum atomic E-state index is 0.165. The first-order valence-electron chi connectivity index (χ1n) is 8.79. The molecule has 2 aromatic carbocycles. The number of ether oxygens (including phenoxy) is 1. The molecule has 1 aliphatic rings. The molecule has 0 atom stereocenters. The summed E-state index contributed by atoms with van der Waals surface area (Å²) in [5.41, 5.74) is 6.23. The molecule has 0 bridgehead atoms. The maximum absolute atomic E-state index is 8.83. The lowest BCUT2D eigenvalue weighted by atomic mass is 9.63. The van der Waals surface area contributed by atoms with E-state index in [0.29, 0.717) is 0 Å². The van der Waals surface area contributed by atoms with Gasteiger partial charge in [0.2, 0.25) is 0 Å². The normalized spacial score (nSPS) is 18.1. The maximum atomic E-state index is 8.83. The van der Waals surface area contributed by atoms with Crippen LogP contribution in [0.3, 0.4) is 0 Å². The lowest BCUT2D eigenvalue weighted by Crippen LogP contribution is -2.33. The van der Waals surface area contributed by atoms with E-state index in [2.05, 4.69) is 51.0 Å². The van der Waals surface area contributed by atoms with Crippen molar-refractivity contribution >= 4 is 6.21 Å². The zero-order valence-electron chi connectivity index (χ0n) is 15.8. The summed E-state index contributed by atoms with van der Waals surface area (Å²) in [5, 5.41) is 12.0. The lowest BCUT2D eigenvalue weighted by Gasteiger charge is -2.42. The minimum Gasteiger partial charge on any atom is -0.496 e. The van der Waals surface area contributed by atoms with Gasteiger partial charge in [0, 0.05) is 5.56 Å². The highest BCUT2D eigenvalue weighted by Crippen LogP contribution is 2.47. The van der Waals surface area contributed by atoms with Gasteiger partial charge in [-0.3, -0.25) is 0 Å². The van der Waals surface area contributed by atoms with E-state index in [-0.39, 0.29) is 10.8 Å². The van der Waals surface area contributed by atoms with E-state index in [0.717, 1.165) is 22.4 Å². The fourth-order valence-corrected chi connectivity index (χ4v) is 3.85. The smallest absolute Gasteiger partial charge is 0.126 e. The monoisotopic (exact) mass is 337 g/mol. The third kappa shape index (κ3) is 3.15. The molecule has 0 unspecified atom stereocenters. The van der Waals surface area contributed by atoms with Crippen LogP contribution in [0.1, 0.15) is 57.2 Å². The summed E-state index contributed by atoms with van der Waals surface area (Å²) in [6.07, 6.45) is 3.83. The number of rotatable bonds is 3. The van der Waals surface area contributed by atoms with E-state index >= 15 is 0 Å². The molecule has 0 amide bonds. The highest BCUT2D eigenvalue weighted by molar-refractivity contribution is 5.84. The number of benzene rings is 2. The molecule has 25 heavy (non-hydrogen) atoms. The second-order valence-corrected chi connectivity index (χ2v) is 8.23. The summed E-state index contributed by atoms with van der Waals surface area (Å²) in [7, 11) is 1.68. The van der Waals surface area contributed by atoms with Gasteiger partial charge in [-0.15, -0.1) is 0 Å². The molecule has 0 spiro atoms. The Balaban J connectivity index is 2.19. The van der Waals surface area contributed by atoms with Crippen LogP contribution < -0.4 is 4.74 Å². The number of hydrogen-bond acceptors (Lipinski definition) is 3. The van der Waals surface area contributed by atoms with Gasteiger partial charge in [-0.1, -0.05) is 51.0 Å². The van der Waals surface area contributed by atoms with Crippen LogP contribution in [0.4, 0.5) is 0 Å². The number of hydrogen-bond donors (Lipinski definition) is 1. The van der Waals surface area contributed by atoms with Gasteiger partial charge in [-0.05, 0) is 64.1 Å². The zero-order valence-corrected chi connectivity index (χ0v) is 15.8. The van der Waals surface area contributed by atoms with Crippen LogP contribution in [0.2, 0.25) is 0 Å². The summed E-state index contributed by atoms with van der Waals surface area (Å²) in [6.45, 7) is 9.33. The summed E-state index contributed by atoms with van der Waals surface area (Å²) < 4.78 is 5.56. The number of methoxy groups -OCH3 is 1. The van der Waals surface area contributed by atoms with E-state index < -0.39 is 0 Å². The second-order valence-electron chi connectivity index (χ2n) is 8.23. The molecule has 1 N–H and O–H groups in total. The van der Waals surface area contributed by atoms with Gasteiger partial charge in [0.1, 0.15) is 5.75 Å². The molecule has 3 rings (SSSR count). The van der Waals surface area contributed by atoms with Crippen molar-refractivity contribution in [3.05, 3.63) is 53.1 Å². The molecular formula is C22H27NO2. The predicted octanol–water partition coefficient (Wildman–Crippen LogP) is 5.52. The van der Waals surface area contributed by atoms with Crippen molar-refractivity contribution in [3.8, 4) is 16.9 Å². The van der Waals surface area contributed by atoms with Crippen molar-refractivity contribution in [2.75, 3.05) is 7.11 Å². The van der Waals surface area contributed by atoms with Crippen molar-refractivity contribution < 1.29 is 9.94 Å². The molecule has 0 saturated heterocycles. The van der Waals surface area contributed by atoms with E-state index in [9.17, 15) is 0 Å². The van der Waals surface area contributed by atoms with E-state index in [4.69, 9.17) is 9.94 Å². The van der Waals surface area contributed by atoms with Gasteiger partial charge in [-0.2, -0.15) is 0 Å². The van der Waals surface area contributed by atoms with Crippen LogP contribution in [-0.2, 0) is 10.8 Å². The molecule has 2 aromatic rings. The van der Waals surface area contributed by atoms with Gasteiger partial charge < -0.3 is 9.94 Å². The van der Waals surface area contributed by atoms with Crippen LogP contribution in [0.15, 0.2) is 41.6 Å². The first-order valence-corrected chi connectivity index (χ1v) is 8.79. The molecular weight excluding hydrogens is 310 g/mol. The standard InChI is InChI=1S/C22H27NO2/c1-21(2)10-11-22(3,4)19-13-16(7-8-18(19)21)17-12-15(14-23-24)6-9-20(17)25-5/h6-9,12-14,24H,10-11H2,1-5H3/b23-14+. The molecule has 0 heterocycles. The number of nitrogens with zero attached hydrogens (tertiary/aromatic N) is 1. The summed E-state index contributed by atoms with van der Waals surface area (Å²) >= 11 is 0. The Hall–Kier alpha value is -2.29. The molecule has 0 saturated carbocycles. The molecule has 3 nitrogen and oxygen atoms in total. The topological polar surface area (TPSA) is 41.8 Å². The van der Waals surface area contributed by atoms with Gasteiger partial charge in [0.15, 0.2) is 0 Å². The minimum absolute atomic E-state index is 0.165. The summed E-state index contributed by atoms with van der Waals surface area (Å²) in [6, 6.07) is 12.6. The Morgan fingerprint density at radius 2 is 1.64 bits per heavy atom. The van der Waals surface area contributed by atoms with Crippen LogP contribution in [0, 0.1) is 0 Å². The van der Waals surface area contributed by atoms with Crippen molar-refractivity contribution in [2.24, 2.45) is 5.16 Å². The van der Waals surface area contributed by atoms with Gasteiger partial charge in [-0.25, -0.2) is 0 Å². The van der Waals surface area contributed by atoms with Crippen LogP contribution in [0.25, 0.3) is 11.1 Å². The SMILES string of the molecule is COc1ccc(/C=N/O)cc1-c1ccc2c(c1)C(C)(C)CCC2(C)C. The van der Waals surface area contributed by atoms with Gasteiger partial charge in [0.05, 0.1) is 13.3 Å². The quantitative estimate of drug-likeness (QED) is 0.455. The molecule has 132 valence electrons. The van der Waals surface area contributed by atoms with Crippen LogP contribution in [0.5, 0.6) is 5.75 Å². The third-order valence-corrected chi connectivity index (χ3v) is 5.59. The van der Waals surface area contributed by atoms with Gasteiger partial charge >= 0.3 is 0 Å². The Labute approximate surface area is 150 Å². The lowest BCUT2D eigenvalue weighted by molar-refractivity contribution is 0.322. The second kappa shape index (κ2) is 6.21. The molecule has 1 aliphatic carbocycles.